The lowest BCUT2D eigenvalue weighted by Gasteiger charge is -2.38. The number of carbonyl (C=O) groups excluding carboxylic acids is 1. The van der Waals surface area contributed by atoms with E-state index in [4.69, 9.17) is 23.2 Å². The van der Waals surface area contributed by atoms with Crippen LogP contribution in [0.4, 0.5) is 0 Å². The highest BCUT2D eigenvalue weighted by atomic mass is 35.5. The van der Waals surface area contributed by atoms with Crippen LogP contribution in [0.1, 0.15) is 59.3 Å². The molecule has 2 aliphatic rings. The second kappa shape index (κ2) is 10.7. The van der Waals surface area contributed by atoms with Gasteiger partial charge in [-0.25, -0.2) is 0 Å². The number of alkyl halides is 1. The Hall–Kier alpha value is -1.41. The van der Waals surface area contributed by atoms with Crippen LogP contribution in [0.2, 0.25) is 0 Å². The molecule has 0 aromatic rings. The fraction of sp³-hybridized carbons (Fsp3) is 0.696. The number of aliphatic hydroxyl groups is 2. The van der Waals surface area contributed by atoms with Crippen molar-refractivity contribution in [2.45, 2.75) is 76.9 Å². The highest BCUT2D eigenvalue weighted by Crippen LogP contribution is 2.57. The Balaban J connectivity index is 2.64. The van der Waals surface area contributed by atoms with E-state index in [1.54, 1.807) is 6.92 Å². The maximum Gasteiger partial charge on any atom is 0.313 e. The van der Waals surface area contributed by atoms with E-state index < -0.39 is 58.5 Å². The van der Waals surface area contributed by atoms with Gasteiger partial charge in [0.1, 0.15) is 12.2 Å². The molecule has 2 rings (SSSR count). The third-order valence-corrected chi connectivity index (χ3v) is 7.65. The molecule has 32 heavy (non-hydrogen) atoms. The Morgan fingerprint density at radius 3 is 2.28 bits per heavy atom. The zero-order valence-corrected chi connectivity index (χ0v) is 20.1. The number of fused-ring (bicyclic) bond motifs is 1. The van der Waals surface area contributed by atoms with Crippen molar-refractivity contribution in [3.05, 3.63) is 22.3 Å². The van der Waals surface area contributed by atoms with E-state index in [-0.39, 0.29) is 29.0 Å². The number of allylic oxidation sites excluding steroid dienone is 1. The topological polar surface area (TPSA) is 132 Å². The van der Waals surface area contributed by atoms with Crippen LogP contribution in [0, 0.1) is 23.2 Å². The maximum absolute atomic E-state index is 12.7. The molecule has 0 aliphatic heterocycles. The van der Waals surface area contributed by atoms with E-state index in [1.165, 1.54) is 13.0 Å². The number of unbranched alkanes of at least 4 members (excludes halogenated alkanes) is 1. The molecule has 0 aromatic carbocycles. The molecule has 2 aliphatic carbocycles. The van der Waals surface area contributed by atoms with Crippen LogP contribution in [0.5, 0.6) is 0 Å². The van der Waals surface area contributed by atoms with Gasteiger partial charge >= 0.3 is 11.9 Å². The van der Waals surface area contributed by atoms with Crippen LogP contribution in [0.15, 0.2) is 22.3 Å². The van der Waals surface area contributed by atoms with Gasteiger partial charge in [0.2, 0.25) is 0 Å². The number of aliphatic carboxylic acids is 2. The molecule has 1 saturated carbocycles. The lowest BCUT2D eigenvalue weighted by molar-refractivity contribution is -0.146. The fourth-order valence-corrected chi connectivity index (χ4v) is 5.84. The molecule has 0 amide bonds. The monoisotopic (exact) mass is 490 g/mol. The van der Waals surface area contributed by atoms with Crippen molar-refractivity contribution < 1.29 is 34.8 Å². The Bertz CT molecular complexity index is 821. The number of Topliss-reactive ketones (excluding diaryl/α,β-unsaturated/α-hetero) is 1. The van der Waals surface area contributed by atoms with E-state index in [0.29, 0.717) is 12.8 Å². The van der Waals surface area contributed by atoms with Crippen LogP contribution >= 0.6 is 23.2 Å². The van der Waals surface area contributed by atoms with Gasteiger partial charge in [-0.2, -0.15) is 0 Å². The third kappa shape index (κ3) is 4.91. The average molecular weight is 491 g/mol. The van der Waals surface area contributed by atoms with Crippen molar-refractivity contribution in [1.82, 2.24) is 0 Å². The molecule has 7 nitrogen and oxygen atoms in total. The summed E-state index contributed by atoms with van der Waals surface area (Å²) < 4.78 is 0. The molecule has 1 fully saturated rings. The lowest BCUT2D eigenvalue weighted by Crippen LogP contribution is -2.44. The summed E-state index contributed by atoms with van der Waals surface area (Å²) in [5.41, 5.74) is -1.14. The summed E-state index contributed by atoms with van der Waals surface area (Å²) in [4.78, 5) is 36.8. The molecule has 7 atom stereocenters. The molecular weight excluding hydrogens is 459 g/mol. The van der Waals surface area contributed by atoms with Crippen molar-refractivity contribution in [1.29, 1.82) is 0 Å². The van der Waals surface area contributed by atoms with E-state index in [2.05, 4.69) is 0 Å². The normalized spacial score (nSPS) is 30.3. The smallest absolute Gasteiger partial charge is 0.313 e. The van der Waals surface area contributed by atoms with Crippen molar-refractivity contribution in [2.75, 3.05) is 0 Å². The number of hydrogen-bond acceptors (Lipinski definition) is 5. The summed E-state index contributed by atoms with van der Waals surface area (Å²) in [6, 6.07) is 0. The zero-order valence-electron chi connectivity index (χ0n) is 18.6. The maximum atomic E-state index is 12.7. The Morgan fingerprint density at radius 1 is 1.16 bits per heavy atom. The van der Waals surface area contributed by atoms with Gasteiger partial charge in [-0.15, -0.1) is 11.6 Å². The first kappa shape index (κ1) is 26.8. The molecule has 180 valence electrons. The van der Waals surface area contributed by atoms with Crippen molar-refractivity contribution in [3.8, 4) is 0 Å². The van der Waals surface area contributed by atoms with Crippen LogP contribution in [-0.2, 0) is 14.4 Å². The standard InChI is InChI=1S/C23H32Cl2O7/c1-4-6-8-14(24)17-11(19(27)20(28)15(26)7-5-2)9-13-16(18(17)25)12(21(29)30)10-23(13,3)22(31)32/h9,11-12,14-15,17,19,26-27H,4-8,10H2,1-3H3,(H,29,30)(H,31,32). The SMILES string of the molecule is CCCCC(Cl)C1C(Cl)=C2C(=CC1C(O)C(=O)C(O)CCC)C(C)(C(=O)O)CC2C(=O)O. The molecule has 7 unspecified atom stereocenters. The van der Waals surface area contributed by atoms with Crippen LogP contribution < -0.4 is 0 Å². The van der Waals surface area contributed by atoms with Gasteiger partial charge in [-0.3, -0.25) is 14.4 Å². The summed E-state index contributed by atoms with van der Waals surface area (Å²) in [7, 11) is 0. The van der Waals surface area contributed by atoms with Crippen molar-refractivity contribution >= 4 is 40.9 Å². The zero-order chi connectivity index (χ0) is 24.4. The van der Waals surface area contributed by atoms with Crippen LogP contribution in [0.25, 0.3) is 0 Å². The second-order valence-electron chi connectivity index (χ2n) is 8.99. The summed E-state index contributed by atoms with van der Waals surface area (Å²) in [5.74, 6) is -6.09. The third-order valence-electron chi connectivity index (χ3n) is 6.71. The Kier molecular flexibility index (Phi) is 8.96. The molecule has 0 spiro atoms. The van der Waals surface area contributed by atoms with E-state index >= 15 is 0 Å². The van der Waals surface area contributed by atoms with E-state index in [1.807, 2.05) is 6.92 Å². The molecule has 0 radical (unpaired) electrons. The van der Waals surface area contributed by atoms with Gasteiger partial charge in [0.05, 0.1) is 11.3 Å². The summed E-state index contributed by atoms with van der Waals surface area (Å²) in [5, 5.41) is 40.2. The molecule has 0 aromatic heterocycles. The highest BCUT2D eigenvalue weighted by molar-refractivity contribution is 6.32. The first-order valence-corrected chi connectivity index (χ1v) is 11.9. The number of carboxylic acid groups (broad SMARTS) is 2. The number of rotatable bonds is 11. The minimum absolute atomic E-state index is 0.0813. The largest absolute Gasteiger partial charge is 0.481 e. The van der Waals surface area contributed by atoms with Gasteiger partial charge in [0.25, 0.3) is 0 Å². The van der Waals surface area contributed by atoms with Crippen molar-refractivity contribution in [3.63, 3.8) is 0 Å². The first-order valence-electron chi connectivity index (χ1n) is 11.0. The van der Waals surface area contributed by atoms with Gasteiger partial charge in [0, 0.05) is 22.2 Å². The van der Waals surface area contributed by atoms with E-state index in [0.717, 1.165) is 12.8 Å². The van der Waals surface area contributed by atoms with Gasteiger partial charge < -0.3 is 20.4 Å². The summed E-state index contributed by atoms with van der Waals surface area (Å²) >= 11 is 13.4. The molecule has 9 heteroatoms. The predicted octanol–water partition coefficient (Wildman–Crippen LogP) is 3.74. The molecule has 0 heterocycles. The average Bonchev–Trinajstić information content (AvgIpc) is 3.05. The fourth-order valence-electron chi connectivity index (χ4n) is 4.80. The van der Waals surface area contributed by atoms with Crippen LogP contribution in [0.3, 0.4) is 0 Å². The molecular formula is C23H32Cl2O7. The van der Waals surface area contributed by atoms with Crippen LogP contribution in [-0.4, -0.2) is 55.7 Å². The number of aliphatic hydroxyl groups excluding tert-OH is 2. The van der Waals surface area contributed by atoms with Gasteiger partial charge in [0.15, 0.2) is 5.78 Å². The first-order chi connectivity index (χ1) is 14.9. The van der Waals surface area contributed by atoms with E-state index in [9.17, 15) is 34.8 Å². The molecule has 0 saturated heterocycles. The highest BCUT2D eigenvalue weighted by Gasteiger charge is 2.56. The predicted molar refractivity (Wildman–Crippen MR) is 121 cm³/mol. The number of halogens is 2. The number of ketones is 1. The molecule has 0 bridgehead atoms. The number of carbonyl (C=O) groups is 3. The Morgan fingerprint density at radius 2 is 1.78 bits per heavy atom. The summed E-state index contributed by atoms with van der Waals surface area (Å²) in [6.45, 7) is 5.19. The number of carboxylic acids is 2. The minimum atomic E-state index is -1.66. The lowest BCUT2D eigenvalue weighted by atomic mass is 9.71. The van der Waals surface area contributed by atoms with Gasteiger partial charge in [-0.05, 0) is 37.3 Å². The van der Waals surface area contributed by atoms with Gasteiger partial charge in [-0.1, -0.05) is 50.8 Å². The Labute approximate surface area is 198 Å². The quantitative estimate of drug-likeness (QED) is 0.324. The minimum Gasteiger partial charge on any atom is -0.481 e. The number of hydrogen-bond donors (Lipinski definition) is 4. The second-order valence-corrected chi connectivity index (χ2v) is 9.95. The summed E-state index contributed by atoms with van der Waals surface area (Å²) in [6.07, 6.45) is 1.06. The molecule has 4 N–H and O–H groups in total. The van der Waals surface area contributed by atoms with Crippen molar-refractivity contribution in [2.24, 2.45) is 23.2 Å².